The summed E-state index contributed by atoms with van der Waals surface area (Å²) < 4.78 is 51.8. The molecule has 1 amide bonds. The van der Waals surface area contributed by atoms with Crippen molar-refractivity contribution >= 4 is 31.5 Å². The summed E-state index contributed by atoms with van der Waals surface area (Å²) in [4.78, 5) is 14.4. The summed E-state index contributed by atoms with van der Waals surface area (Å²) in [7, 11) is -5.31. The highest BCUT2D eigenvalue weighted by atomic mass is 32.2. The van der Waals surface area contributed by atoms with Gasteiger partial charge in [0.05, 0.1) is 10.6 Å². The Balaban J connectivity index is 1.57. The molecule has 0 spiro atoms. The number of aryl methyl sites for hydroxylation is 1. The number of carbonyl (C=O) groups excluding carboxylic acids is 1. The first-order valence-electron chi connectivity index (χ1n) is 10.5. The van der Waals surface area contributed by atoms with Gasteiger partial charge >= 0.3 is 0 Å². The predicted molar refractivity (Wildman–Crippen MR) is 125 cm³/mol. The molecule has 0 aromatic heterocycles. The first-order chi connectivity index (χ1) is 15.2. The first kappa shape index (κ1) is 24.4. The Morgan fingerprint density at radius 1 is 0.938 bits per heavy atom. The zero-order valence-corrected chi connectivity index (χ0v) is 19.7. The number of hydrogen-bond acceptors (Lipinski definition) is 6. The minimum atomic E-state index is -3.68. The van der Waals surface area contributed by atoms with Gasteiger partial charge in [0, 0.05) is 31.9 Å². The van der Waals surface area contributed by atoms with Crippen molar-refractivity contribution in [1.82, 2.24) is 9.21 Å². The Labute approximate surface area is 190 Å². The molecular weight excluding hydrogens is 450 g/mol. The van der Waals surface area contributed by atoms with E-state index in [0.29, 0.717) is 39.0 Å². The van der Waals surface area contributed by atoms with E-state index in [1.54, 1.807) is 6.07 Å². The highest BCUT2D eigenvalue weighted by Crippen LogP contribution is 2.21. The van der Waals surface area contributed by atoms with Crippen molar-refractivity contribution in [2.45, 2.75) is 17.7 Å². The van der Waals surface area contributed by atoms with Crippen LogP contribution in [0.2, 0.25) is 0 Å². The number of nitrogens with one attached hydrogen (secondary N) is 1. The molecule has 0 unspecified atom stereocenters. The summed E-state index contributed by atoms with van der Waals surface area (Å²) >= 11 is 0. The van der Waals surface area contributed by atoms with Gasteiger partial charge < -0.3 is 10.2 Å². The van der Waals surface area contributed by atoms with Crippen molar-refractivity contribution in [3.05, 3.63) is 60.2 Å². The smallest absolute Gasteiger partial charge is 0.243 e. The molecule has 0 bridgehead atoms. The van der Waals surface area contributed by atoms with E-state index < -0.39 is 31.5 Å². The van der Waals surface area contributed by atoms with Crippen LogP contribution in [0.3, 0.4) is 0 Å². The standard InChI is InChI=1S/C22H29N3O5S2/c1-24-12-14-25(15-13-24)32(29,30)21-11-5-10-20(17-21)23-22(26)18-31(27,28)16-6-9-19-7-3-2-4-8-19/h2-5,7-8,10-11,17H,6,9,12-16,18H2,1H3,(H,23,26). The minimum absolute atomic E-state index is 0.0746. The van der Waals surface area contributed by atoms with Crippen molar-refractivity contribution in [1.29, 1.82) is 0 Å². The molecule has 1 heterocycles. The average molecular weight is 480 g/mol. The van der Waals surface area contributed by atoms with Crippen LogP contribution in [0.5, 0.6) is 0 Å². The molecule has 3 rings (SSSR count). The second kappa shape index (κ2) is 10.6. The summed E-state index contributed by atoms with van der Waals surface area (Å²) in [5.74, 6) is -1.41. The van der Waals surface area contributed by atoms with Gasteiger partial charge in [0.25, 0.3) is 0 Å². The average Bonchev–Trinajstić information content (AvgIpc) is 2.74. The third kappa shape index (κ3) is 6.86. The normalized spacial score (nSPS) is 16.0. The lowest BCUT2D eigenvalue weighted by atomic mass is 10.1. The van der Waals surface area contributed by atoms with Crippen molar-refractivity contribution in [2.24, 2.45) is 0 Å². The van der Waals surface area contributed by atoms with Gasteiger partial charge in [-0.2, -0.15) is 4.31 Å². The minimum Gasteiger partial charge on any atom is -0.325 e. The number of sulfone groups is 1. The first-order valence-corrected chi connectivity index (χ1v) is 13.7. The van der Waals surface area contributed by atoms with E-state index in [4.69, 9.17) is 0 Å². The second-order valence-corrected chi connectivity index (χ2v) is 12.1. The fourth-order valence-electron chi connectivity index (χ4n) is 3.52. The van der Waals surface area contributed by atoms with Crippen LogP contribution in [0.1, 0.15) is 12.0 Å². The molecule has 8 nitrogen and oxygen atoms in total. The number of likely N-dealkylation sites (N-methyl/N-ethyl adjacent to an activating group) is 1. The van der Waals surface area contributed by atoms with Crippen LogP contribution >= 0.6 is 0 Å². The Bertz CT molecular complexity index is 1130. The molecule has 1 N–H and O–H groups in total. The Hall–Kier alpha value is -2.27. The van der Waals surface area contributed by atoms with E-state index in [2.05, 4.69) is 10.2 Å². The van der Waals surface area contributed by atoms with Gasteiger partial charge in [-0.05, 0) is 43.7 Å². The highest BCUT2D eigenvalue weighted by molar-refractivity contribution is 7.92. The summed E-state index contributed by atoms with van der Waals surface area (Å²) in [5.41, 5.74) is 1.30. The van der Waals surface area contributed by atoms with Crippen LogP contribution in [0.15, 0.2) is 59.5 Å². The van der Waals surface area contributed by atoms with E-state index in [0.717, 1.165) is 5.56 Å². The van der Waals surface area contributed by atoms with Gasteiger partial charge in [-0.3, -0.25) is 4.79 Å². The quantitative estimate of drug-likeness (QED) is 0.586. The van der Waals surface area contributed by atoms with Gasteiger partial charge in [0.1, 0.15) is 5.75 Å². The maximum atomic E-state index is 12.9. The van der Waals surface area contributed by atoms with Gasteiger partial charge in [-0.15, -0.1) is 0 Å². The van der Waals surface area contributed by atoms with Crippen LogP contribution in [0, 0.1) is 0 Å². The Kier molecular flexibility index (Phi) is 8.05. The summed E-state index contributed by atoms with van der Waals surface area (Å²) in [6, 6.07) is 15.5. The molecule has 174 valence electrons. The summed E-state index contributed by atoms with van der Waals surface area (Å²) in [6.45, 7) is 2.10. The molecule has 2 aromatic carbocycles. The van der Waals surface area contributed by atoms with Crippen LogP contribution in [-0.2, 0) is 31.1 Å². The molecule has 2 aromatic rings. The fourth-order valence-corrected chi connectivity index (χ4v) is 6.19. The lowest BCUT2D eigenvalue weighted by molar-refractivity contribution is -0.113. The number of amides is 1. The third-order valence-electron chi connectivity index (χ3n) is 5.33. The summed E-state index contributed by atoms with van der Waals surface area (Å²) in [5, 5.41) is 2.52. The van der Waals surface area contributed by atoms with Crippen molar-refractivity contribution in [3.8, 4) is 0 Å². The SMILES string of the molecule is CN1CCN(S(=O)(=O)c2cccc(NC(=O)CS(=O)(=O)CCCc3ccccc3)c2)CC1. The fraction of sp³-hybridized carbons (Fsp3) is 0.409. The molecule has 1 fully saturated rings. The zero-order chi connectivity index (χ0) is 23.2. The number of anilines is 1. The molecule has 0 aliphatic carbocycles. The maximum Gasteiger partial charge on any atom is 0.243 e. The van der Waals surface area contributed by atoms with Gasteiger partial charge in [-0.25, -0.2) is 16.8 Å². The summed E-state index contributed by atoms with van der Waals surface area (Å²) in [6.07, 6.45) is 1.05. The zero-order valence-electron chi connectivity index (χ0n) is 18.1. The maximum absolute atomic E-state index is 12.9. The number of nitrogens with zero attached hydrogens (tertiary/aromatic N) is 2. The number of rotatable bonds is 9. The van der Waals surface area contributed by atoms with Gasteiger partial charge in [-0.1, -0.05) is 36.4 Å². The number of sulfonamides is 1. The van der Waals surface area contributed by atoms with E-state index in [1.165, 1.54) is 22.5 Å². The number of hydrogen-bond donors (Lipinski definition) is 1. The molecular formula is C22H29N3O5S2. The Morgan fingerprint density at radius 3 is 2.31 bits per heavy atom. The lowest BCUT2D eigenvalue weighted by Crippen LogP contribution is -2.47. The van der Waals surface area contributed by atoms with E-state index in [-0.39, 0.29) is 16.3 Å². The second-order valence-electron chi connectivity index (χ2n) is 7.96. The van der Waals surface area contributed by atoms with Crippen molar-refractivity contribution < 1.29 is 21.6 Å². The topological polar surface area (TPSA) is 104 Å². The van der Waals surface area contributed by atoms with Crippen molar-refractivity contribution in [3.63, 3.8) is 0 Å². The van der Waals surface area contributed by atoms with Crippen LogP contribution in [0.4, 0.5) is 5.69 Å². The molecule has 1 aliphatic rings. The Morgan fingerprint density at radius 2 is 1.62 bits per heavy atom. The lowest BCUT2D eigenvalue weighted by Gasteiger charge is -2.31. The molecule has 32 heavy (non-hydrogen) atoms. The number of carbonyl (C=O) groups is 1. The van der Waals surface area contributed by atoms with Crippen LogP contribution in [-0.4, -0.2) is 76.7 Å². The highest BCUT2D eigenvalue weighted by Gasteiger charge is 2.27. The molecule has 0 atom stereocenters. The molecule has 1 aliphatic heterocycles. The van der Waals surface area contributed by atoms with Gasteiger partial charge in [0.15, 0.2) is 9.84 Å². The van der Waals surface area contributed by atoms with E-state index in [9.17, 15) is 21.6 Å². The third-order valence-corrected chi connectivity index (χ3v) is 8.84. The number of piperazine rings is 1. The van der Waals surface area contributed by atoms with E-state index in [1.807, 2.05) is 37.4 Å². The molecule has 0 radical (unpaired) electrons. The monoisotopic (exact) mass is 479 g/mol. The van der Waals surface area contributed by atoms with Crippen LogP contribution in [0.25, 0.3) is 0 Å². The molecule has 10 heteroatoms. The molecule has 0 saturated carbocycles. The number of benzene rings is 2. The van der Waals surface area contributed by atoms with Gasteiger partial charge in [0.2, 0.25) is 15.9 Å². The van der Waals surface area contributed by atoms with Crippen molar-refractivity contribution in [2.75, 3.05) is 50.0 Å². The predicted octanol–water partition coefficient (Wildman–Crippen LogP) is 1.61. The van der Waals surface area contributed by atoms with Crippen LogP contribution < -0.4 is 5.32 Å². The molecule has 1 saturated heterocycles. The van der Waals surface area contributed by atoms with E-state index >= 15 is 0 Å². The largest absolute Gasteiger partial charge is 0.325 e.